The molecule has 0 saturated carbocycles. The van der Waals surface area contributed by atoms with Gasteiger partial charge in [0.1, 0.15) is 10.6 Å². The minimum atomic E-state index is -0.411. The maximum atomic E-state index is 12.8. The van der Waals surface area contributed by atoms with Crippen molar-refractivity contribution in [1.82, 2.24) is 14.5 Å². The van der Waals surface area contributed by atoms with E-state index in [1.165, 1.54) is 15.2 Å². The molecule has 0 atom stereocenters. The summed E-state index contributed by atoms with van der Waals surface area (Å²) in [6.07, 6.45) is 2.58. The minimum absolute atomic E-state index is 0.150. The first kappa shape index (κ1) is 21.3. The molecule has 0 unspecified atom stereocenters. The lowest BCUT2D eigenvalue weighted by atomic mass is 10.2. The lowest BCUT2D eigenvalue weighted by molar-refractivity contribution is 0.0955. The number of unbranched alkanes of at least 4 members (excludes halogenated alkanes) is 3. The van der Waals surface area contributed by atoms with Gasteiger partial charge in [0.05, 0.1) is 16.3 Å². The summed E-state index contributed by atoms with van der Waals surface area (Å²) in [5.74, 6) is -0.184. The Morgan fingerprint density at radius 1 is 1.20 bits per heavy atom. The van der Waals surface area contributed by atoms with Crippen LogP contribution in [0.3, 0.4) is 0 Å². The van der Waals surface area contributed by atoms with Gasteiger partial charge in [0.2, 0.25) is 0 Å². The fourth-order valence-electron chi connectivity index (χ4n) is 3.13. The lowest BCUT2D eigenvalue weighted by Gasteiger charge is -2.07. The van der Waals surface area contributed by atoms with Crippen LogP contribution in [0.4, 0.5) is 0 Å². The van der Waals surface area contributed by atoms with Gasteiger partial charge in [-0.05, 0) is 36.6 Å². The van der Waals surface area contributed by atoms with Crippen molar-refractivity contribution in [1.29, 1.82) is 5.26 Å². The van der Waals surface area contributed by atoms with Gasteiger partial charge in [0.25, 0.3) is 11.5 Å². The van der Waals surface area contributed by atoms with Crippen LogP contribution >= 0.6 is 11.3 Å². The highest BCUT2D eigenvalue weighted by Crippen LogP contribution is 2.22. The van der Waals surface area contributed by atoms with Crippen LogP contribution in [0.1, 0.15) is 40.9 Å². The third-order valence-electron chi connectivity index (χ3n) is 4.79. The summed E-state index contributed by atoms with van der Waals surface area (Å²) < 4.78 is 2.59. The van der Waals surface area contributed by atoms with E-state index in [-0.39, 0.29) is 24.7 Å². The SMILES string of the molecule is Cn1c(=O)n(CCCCCC#N)c(=O)c2cc(C(=O)NCc3ccc(O)cc3)sc21. The number of hydrogen-bond acceptors (Lipinski definition) is 6. The molecule has 8 nitrogen and oxygen atoms in total. The summed E-state index contributed by atoms with van der Waals surface area (Å²) in [5.41, 5.74) is 0.0151. The van der Waals surface area contributed by atoms with E-state index in [1.54, 1.807) is 31.3 Å². The van der Waals surface area contributed by atoms with Crippen molar-refractivity contribution in [2.24, 2.45) is 7.05 Å². The molecular formula is C21H22N4O4S. The number of nitriles is 1. The molecule has 156 valence electrons. The predicted octanol–water partition coefficient (Wildman–Crippen LogP) is 2.48. The van der Waals surface area contributed by atoms with Crippen LogP contribution in [0.25, 0.3) is 10.2 Å². The highest BCUT2D eigenvalue weighted by Gasteiger charge is 2.17. The molecule has 3 rings (SSSR count). The Morgan fingerprint density at radius 2 is 1.93 bits per heavy atom. The molecule has 0 spiro atoms. The number of thiophene rings is 1. The number of phenols is 1. The van der Waals surface area contributed by atoms with E-state index in [4.69, 9.17) is 5.26 Å². The molecule has 3 aromatic rings. The molecule has 0 saturated heterocycles. The van der Waals surface area contributed by atoms with Gasteiger partial charge >= 0.3 is 5.69 Å². The largest absolute Gasteiger partial charge is 0.508 e. The molecule has 0 aliphatic heterocycles. The molecule has 1 amide bonds. The molecule has 2 aromatic heterocycles. The van der Waals surface area contributed by atoms with Crippen LogP contribution in [0, 0.1) is 11.3 Å². The predicted molar refractivity (Wildman–Crippen MR) is 115 cm³/mol. The summed E-state index contributed by atoms with van der Waals surface area (Å²) in [4.78, 5) is 38.8. The number of nitrogens with zero attached hydrogens (tertiary/aromatic N) is 3. The van der Waals surface area contributed by atoms with Gasteiger partial charge < -0.3 is 10.4 Å². The van der Waals surface area contributed by atoms with Gasteiger partial charge in [-0.25, -0.2) is 4.79 Å². The number of hydrogen-bond donors (Lipinski definition) is 2. The second kappa shape index (κ2) is 9.41. The number of aryl methyl sites for hydroxylation is 1. The Kier molecular flexibility index (Phi) is 6.69. The summed E-state index contributed by atoms with van der Waals surface area (Å²) in [5, 5.41) is 21.0. The highest BCUT2D eigenvalue weighted by molar-refractivity contribution is 7.20. The number of carbonyl (C=O) groups excluding carboxylic acids is 1. The first-order chi connectivity index (χ1) is 14.4. The molecule has 9 heteroatoms. The van der Waals surface area contributed by atoms with Gasteiger partial charge in [-0.1, -0.05) is 18.6 Å². The van der Waals surface area contributed by atoms with E-state index >= 15 is 0 Å². The zero-order valence-corrected chi connectivity index (χ0v) is 17.4. The smallest absolute Gasteiger partial charge is 0.331 e. The topological polar surface area (TPSA) is 117 Å². The molecule has 2 N–H and O–H groups in total. The Bertz CT molecular complexity index is 1220. The Morgan fingerprint density at radius 3 is 2.63 bits per heavy atom. The molecule has 2 heterocycles. The maximum Gasteiger partial charge on any atom is 0.331 e. The third kappa shape index (κ3) is 4.60. The molecule has 0 fully saturated rings. The Balaban J connectivity index is 1.80. The summed E-state index contributed by atoms with van der Waals surface area (Å²) in [6, 6.07) is 10.1. The van der Waals surface area contributed by atoms with Crippen LogP contribution in [-0.4, -0.2) is 20.1 Å². The van der Waals surface area contributed by atoms with Crippen molar-refractivity contribution < 1.29 is 9.90 Å². The molecule has 0 aliphatic rings. The standard InChI is InChI=1S/C21H22N4O4S/c1-24-20-16(19(28)25(21(24)29)11-5-3-2-4-10-22)12-17(30-20)18(27)23-13-14-6-8-15(26)9-7-14/h6-9,12,26H,2-5,11,13H2,1H3,(H,23,27). The van der Waals surface area contributed by atoms with Crippen molar-refractivity contribution in [3.05, 3.63) is 61.6 Å². The van der Waals surface area contributed by atoms with Crippen LogP contribution in [-0.2, 0) is 20.1 Å². The van der Waals surface area contributed by atoms with Crippen LogP contribution in [0.2, 0.25) is 0 Å². The monoisotopic (exact) mass is 426 g/mol. The number of nitrogens with one attached hydrogen (secondary N) is 1. The van der Waals surface area contributed by atoms with E-state index in [0.29, 0.717) is 27.9 Å². The fourth-order valence-corrected chi connectivity index (χ4v) is 4.15. The van der Waals surface area contributed by atoms with E-state index in [1.807, 2.05) is 0 Å². The number of aromatic nitrogens is 2. The number of carbonyl (C=O) groups is 1. The molecule has 1 aromatic carbocycles. The van der Waals surface area contributed by atoms with E-state index < -0.39 is 11.2 Å². The third-order valence-corrected chi connectivity index (χ3v) is 6.00. The number of phenolic OH excluding ortho intramolecular Hbond substituents is 1. The van der Waals surface area contributed by atoms with Gasteiger partial charge in [0, 0.05) is 26.6 Å². The van der Waals surface area contributed by atoms with Gasteiger partial charge in [-0.3, -0.25) is 18.7 Å². The van der Waals surface area contributed by atoms with Crippen molar-refractivity contribution in [3.8, 4) is 11.8 Å². The average Bonchev–Trinajstić information content (AvgIpc) is 3.19. The second-order valence-corrected chi connectivity index (χ2v) is 7.98. The van der Waals surface area contributed by atoms with Gasteiger partial charge in [-0.2, -0.15) is 5.26 Å². The quantitative estimate of drug-likeness (QED) is 0.537. The first-order valence-electron chi connectivity index (χ1n) is 9.59. The second-order valence-electron chi connectivity index (χ2n) is 6.95. The molecule has 0 bridgehead atoms. The Labute approximate surface area is 176 Å². The van der Waals surface area contributed by atoms with Gasteiger partial charge in [0.15, 0.2) is 0 Å². The van der Waals surface area contributed by atoms with Crippen LogP contribution < -0.4 is 16.6 Å². The van der Waals surface area contributed by atoms with E-state index in [9.17, 15) is 19.5 Å². The number of amides is 1. The number of aromatic hydroxyl groups is 1. The van der Waals surface area contributed by atoms with Crippen LogP contribution in [0.15, 0.2) is 39.9 Å². The molecular weight excluding hydrogens is 404 g/mol. The van der Waals surface area contributed by atoms with E-state index in [2.05, 4.69) is 11.4 Å². The first-order valence-corrected chi connectivity index (χ1v) is 10.4. The van der Waals surface area contributed by atoms with Crippen molar-refractivity contribution in [2.75, 3.05) is 0 Å². The fraction of sp³-hybridized carbons (Fsp3) is 0.333. The zero-order valence-electron chi connectivity index (χ0n) is 16.6. The summed E-state index contributed by atoms with van der Waals surface area (Å²) in [6.45, 7) is 0.560. The summed E-state index contributed by atoms with van der Waals surface area (Å²) >= 11 is 1.10. The van der Waals surface area contributed by atoms with Gasteiger partial charge in [-0.15, -0.1) is 11.3 Å². The normalized spacial score (nSPS) is 10.8. The zero-order chi connectivity index (χ0) is 21.7. The number of rotatable bonds is 8. The molecule has 0 aliphatic carbocycles. The van der Waals surface area contributed by atoms with E-state index in [0.717, 1.165) is 29.7 Å². The summed E-state index contributed by atoms with van der Waals surface area (Å²) in [7, 11) is 1.59. The average molecular weight is 426 g/mol. The molecule has 0 radical (unpaired) electrons. The maximum absolute atomic E-state index is 12.8. The lowest BCUT2D eigenvalue weighted by Crippen LogP contribution is -2.38. The van der Waals surface area contributed by atoms with Crippen molar-refractivity contribution >= 4 is 27.5 Å². The number of fused-ring (bicyclic) bond motifs is 1. The molecule has 30 heavy (non-hydrogen) atoms. The van der Waals surface area contributed by atoms with Crippen molar-refractivity contribution in [2.45, 2.75) is 38.8 Å². The highest BCUT2D eigenvalue weighted by atomic mass is 32.1. The Hall–Kier alpha value is -3.38. The number of benzene rings is 1. The van der Waals surface area contributed by atoms with Crippen LogP contribution in [0.5, 0.6) is 5.75 Å². The van der Waals surface area contributed by atoms with Crippen molar-refractivity contribution in [3.63, 3.8) is 0 Å². The minimum Gasteiger partial charge on any atom is -0.508 e.